The third-order valence-electron chi connectivity index (χ3n) is 10.4. The summed E-state index contributed by atoms with van der Waals surface area (Å²) in [6.07, 6.45) is 8.52. The number of ketones is 1. The van der Waals surface area contributed by atoms with Gasteiger partial charge in [-0.1, -0.05) is 73.4 Å². The predicted molar refractivity (Wildman–Crippen MR) is 203 cm³/mol. The molecule has 1 N–H and O–H groups in total. The number of aromatic nitrogens is 1. The molecule has 4 nitrogen and oxygen atoms in total. The molecule has 0 aliphatic carbocycles. The summed E-state index contributed by atoms with van der Waals surface area (Å²) < 4.78 is 9.80. The van der Waals surface area contributed by atoms with E-state index in [2.05, 4.69) is 69.5 Å². The molecule has 1 radical (unpaired) electrons. The minimum absolute atomic E-state index is 0. The third kappa shape index (κ3) is 6.94. The number of thiophene rings is 2. The van der Waals surface area contributed by atoms with Crippen molar-refractivity contribution < 1.29 is 34.4 Å². The number of carbonyl (C=O) groups excluding carboxylic acids is 1. The molecule has 6 aromatic rings. The molecule has 0 saturated carbocycles. The molecule has 0 spiro atoms. The number of pyridine rings is 1. The minimum Gasteiger partial charge on any atom is -0.512 e. The number of aliphatic hydroxyl groups is 1. The predicted octanol–water partition coefficient (Wildman–Crippen LogP) is 13.1. The number of nitrogens with zero attached hydrogens (tertiary/aromatic N) is 1. The topological polar surface area (TPSA) is 63.3 Å². The number of aliphatic hydroxyl groups excluding tert-OH is 1. The third-order valence-corrected chi connectivity index (χ3v) is 12.5. The van der Waals surface area contributed by atoms with Crippen LogP contribution < -0.4 is 0 Å². The Bertz CT molecular complexity index is 2100. The molecule has 0 fully saturated rings. The van der Waals surface area contributed by atoms with Crippen molar-refractivity contribution in [1.82, 2.24) is 4.98 Å². The Labute approximate surface area is 307 Å². The first-order valence-electron chi connectivity index (χ1n) is 16.8. The number of fused-ring (bicyclic) bond motifs is 6. The average molecular weight is 859 g/mol. The molecule has 4 aromatic heterocycles. The molecule has 4 heterocycles. The number of furan rings is 1. The van der Waals surface area contributed by atoms with Crippen LogP contribution in [0.3, 0.4) is 0 Å². The summed E-state index contributed by atoms with van der Waals surface area (Å²) in [5.41, 5.74) is 4.95. The first kappa shape index (κ1) is 38.0. The van der Waals surface area contributed by atoms with Crippen molar-refractivity contribution in [3.63, 3.8) is 0 Å². The van der Waals surface area contributed by atoms with E-state index in [9.17, 15) is 9.90 Å². The zero-order valence-corrected chi connectivity index (χ0v) is 33.9. The van der Waals surface area contributed by atoms with Crippen molar-refractivity contribution in [1.29, 1.82) is 0 Å². The Morgan fingerprint density at radius 3 is 2.21 bits per heavy atom. The van der Waals surface area contributed by atoms with Crippen LogP contribution in [0.15, 0.2) is 64.4 Å². The van der Waals surface area contributed by atoms with Gasteiger partial charge in [0.15, 0.2) is 5.78 Å². The van der Waals surface area contributed by atoms with Gasteiger partial charge in [0.05, 0.1) is 6.26 Å². The fourth-order valence-corrected chi connectivity index (χ4v) is 8.18. The molecule has 0 aliphatic heterocycles. The smallest absolute Gasteiger partial charge is 0.164 e. The normalized spacial score (nSPS) is 12.8. The Morgan fingerprint density at radius 1 is 0.938 bits per heavy atom. The summed E-state index contributed by atoms with van der Waals surface area (Å²) in [4.78, 5) is 17.0. The summed E-state index contributed by atoms with van der Waals surface area (Å²) in [6, 6.07) is 14.6. The van der Waals surface area contributed by atoms with Crippen LogP contribution >= 0.6 is 22.7 Å². The molecule has 0 bridgehead atoms. The van der Waals surface area contributed by atoms with Gasteiger partial charge in [-0.2, -0.15) is 11.3 Å². The largest absolute Gasteiger partial charge is 0.512 e. The van der Waals surface area contributed by atoms with E-state index in [1.807, 2.05) is 54.0 Å². The van der Waals surface area contributed by atoms with Gasteiger partial charge in [0.25, 0.3) is 0 Å². The molecule has 0 aliphatic rings. The number of rotatable bonds is 8. The molecule has 7 heteroatoms. The van der Waals surface area contributed by atoms with E-state index in [1.54, 1.807) is 22.7 Å². The second-order valence-electron chi connectivity index (χ2n) is 14.3. The maximum atomic E-state index is 12.2. The van der Waals surface area contributed by atoms with Gasteiger partial charge >= 0.3 is 0 Å². The van der Waals surface area contributed by atoms with Crippen LogP contribution in [0.4, 0.5) is 0 Å². The summed E-state index contributed by atoms with van der Waals surface area (Å²) in [7, 11) is 0. The quantitative estimate of drug-likeness (QED) is 0.0941. The fraction of sp³-hybridized carbons (Fsp3) is 0.415. The van der Waals surface area contributed by atoms with Crippen molar-refractivity contribution in [3.8, 4) is 11.3 Å². The average Bonchev–Trinajstić information content (AvgIpc) is 3.79. The summed E-state index contributed by atoms with van der Waals surface area (Å²) in [5, 5.41) is 17.0. The molecule has 6 rings (SSSR count). The van der Waals surface area contributed by atoms with Crippen LogP contribution in [0.2, 0.25) is 0 Å². The van der Waals surface area contributed by atoms with Crippen molar-refractivity contribution in [2.24, 2.45) is 10.8 Å². The molecule has 0 unspecified atom stereocenters. The van der Waals surface area contributed by atoms with Crippen LogP contribution in [0.5, 0.6) is 0 Å². The van der Waals surface area contributed by atoms with Crippen molar-refractivity contribution in [3.05, 3.63) is 77.2 Å². The Kier molecular flexibility index (Phi) is 11.5. The molecular weight excluding hydrogens is 811 g/mol. The van der Waals surface area contributed by atoms with Gasteiger partial charge < -0.3 is 9.52 Å². The number of benzene rings is 2. The monoisotopic (exact) mass is 859 g/mol. The SMILES string of the molecule is CCC(C)(CC)C(=O)/C=C(\O)C(C)(CC)CC.Cc1coc2c1ccc1sc3ccnc(-c4[c-]c5ccsc5c(C(C)(C)C)c4)c3c12.[Ir]. The van der Waals surface area contributed by atoms with Gasteiger partial charge in [0, 0.05) is 69.1 Å². The fourth-order valence-electron chi connectivity index (χ4n) is 6.00. The number of allylic oxidation sites excluding steroid dienone is 2. The van der Waals surface area contributed by atoms with E-state index < -0.39 is 0 Å². The first-order chi connectivity index (χ1) is 22.2. The van der Waals surface area contributed by atoms with Gasteiger partial charge in [0.2, 0.25) is 0 Å². The minimum atomic E-state index is -0.337. The first-order valence-corrected chi connectivity index (χ1v) is 18.5. The van der Waals surface area contributed by atoms with Crippen LogP contribution in [0, 0.1) is 23.8 Å². The Hall–Kier alpha value is -2.83. The van der Waals surface area contributed by atoms with Crippen molar-refractivity contribution >= 4 is 69.7 Å². The number of carbonyl (C=O) groups is 1. The number of hydrogen-bond donors (Lipinski definition) is 1. The van der Waals surface area contributed by atoms with E-state index in [0.29, 0.717) is 0 Å². The Morgan fingerprint density at radius 2 is 1.58 bits per heavy atom. The van der Waals surface area contributed by atoms with Crippen molar-refractivity contribution in [2.45, 2.75) is 100 Å². The number of aryl methyl sites for hydroxylation is 1. The van der Waals surface area contributed by atoms with Crippen LogP contribution in [0.25, 0.3) is 52.5 Å². The molecule has 0 atom stereocenters. The standard InChI is InChI=1S/C26H20NOS2.C15H28O2.Ir/c1-14-13-28-24-17(14)5-6-19-22(24)21-20(30-19)7-9-27-23(21)16-11-15-8-10-29-25(15)18(12-16)26(2,3)4;1-7-14(5,8-2)12(16)11-13(17)15(6,9-3)10-4;/h5-10,12-13H,1-4H3;11,16H,7-10H2,1-6H3;/q-1;;/b;12-11-;. The molecule has 0 amide bonds. The molecule has 48 heavy (non-hydrogen) atoms. The van der Waals surface area contributed by atoms with Gasteiger partial charge in [-0.15, -0.1) is 34.9 Å². The van der Waals surface area contributed by atoms with E-state index >= 15 is 0 Å². The zero-order valence-electron chi connectivity index (χ0n) is 29.9. The maximum Gasteiger partial charge on any atom is 0.164 e. The second-order valence-corrected chi connectivity index (χ2v) is 16.3. The van der Waals surface area contributed by atoms with Gasteiger partial charge in [0.1, 0.15) is 11.3 Å². The van der Waals surface area contributed by atoms with Gasteiger partial charge in [-0.05, 0) is 77.3 Å². The van der Waals surface area contributed by atoms with Crippen LogP contribution in [0.1, 0.15) is 99.1 Å². The maximum absolute atomic E-state index is 12.2. The summed E-state index contributed by atoms with van der Waals surface area (Å²) in [5.74, 6) is 0.286. The van der Waals surface area contributed by atoms with E-state index in [1.165, 1.54) is 47.3 Å². The Balaban J connectivity index is 0.000000251. The molecular formula is C41H48IrNO3S2-. The molecule has 257 valence electrons. The second kappa shape index (κ2) is 14.6. The van der Waals surface area contributed by atoms with E-state index in [4.69, 9.17) is 9.40 Å². The van der Waals surface area contributed by atoms with E-state index in [0.717, 1.165) is 48.1 Å². The summed E-state index contributed by atoms with van der Waals surface area (Å²) in [6.45, 7) is 21.0. The summed E-state index contributed by atoms with van der Waals surface area (Å²) >= 11 is 3.59. The van der Waals surface area contributed by atoms with Crippen LogP contribution in [-0.2, 0) is 30.3 Å². The van der Waals surface area contributed by atoms with E-state index in [-0.39, 0.29) is 47.9 Å². The molecule has 0 saturated heterocycles. The number of hydrogen-bond acceptors (Lipinski definition) is 6. The zero-order chi connectivity index (χ0) is 34.3. The van der Waals surface area contributed by atoms with Gasteiger partial charge in [-0.3, -0.25) is 9.78 Å². The van der Waals surface area contributed by atoms with Crippen LogP contribution in [-0.4, -0.2) is 15.9 Å². The van der Waals surface area contributed by atoms with Crippen molar-refractivity contribution in [2.75, 3.05) is 0 Å². The molecule has 2 aromatic carbocycles. The van der Waals surface area contributed by atoms with Gasteiger partial charge in [-0.25, -0.2) is 0 Å².